The minimum atomic E-state index is -0.235. The van der Waals surface area contributed by atoms with Gasteiger partial charge in [-0.25, -0.2) is 4.68 Å². The first kappa shape index (κ1) is 20.7. The molecule has 1 amide bonds. The molecule has 33 heavy (non-hydrogen) atoms. The number of benzene rings is 3. The van der Waals surface area contributed by atoms with Crippen LogP contribution in [0.5, 0.6) is 11.5 Å². The van der Waals surface area contributed by atoms with E-state index >= 15 is 0 Å². The number of aromatic nitrogens is 4. The molecular weight excluding hydrogens is 418 g/mol. The van der Waals surface area contributed by atoms with Crippen molar-refractivity contribution in [2.24, 2.45) is 0 Å². The van der Waals surface area contributed by atoms with Crippen molar-refractivity contribution >= 4 is 5.91 Å². The van der Waals surface area contributed by atoms with Crippen molar-refractivity contribution in [3.63, 3.8) is 0 Å². The second-order valence-electron chi connectivity index (χ2n) is 7.77. The van der Waals surface area contributed by atoms with Gasteiger partial charge in [0.1, 0.15) is 6.33 Å². The molecule has 1 aromatic heterocycles. The zero-order valence-corrected chi connectivity index (χ0v) is 18.4. The van der Waals surface area contributed by atoms with E-state index in [1.807, 2.05) is 59.5 Å². The second-order valence-corrected chi connectivity index (χ2v) is 7.77. The van der Waals surface area contributed by atoms with Crippen molar-refractivity contribution < 1.29 is 14.3 Å². The molecule has 0 aliphatic carbocycles. The van der Waals surface area contributed by atoms with Gasteiger partial charge in [-0.05, 0) is 69.9 Å². The zero-order chi connectivity index (χ0) is 22.8. The van der Waals surface area contributed by atoms with Crippen LogP contribution in [0.25, 0.3) is 5.69 Å². The van der Waals surface area contributed by atoms with E-state index in [2.05, 4.69) is 27.7 Å². The maximum atomic E-state index is 13.7. The SMILES string of the molecule is COc1cc2c(cc1OC)C(c1ccccc1)N(C(=O)c1ccc(-n3cnnn3)cc1)CC2. The van der Waals surface area contributed by atoms with Crippen LogP contribution < -0.4 is 9.47 Å². The number of amides is 1. The number of carbonyl (C=O) groups excluding carboxylic acids is 1. The van der Waals surface area contributed by atoms with Gasteiger partial charge in [-0.15, -0.1) is 5.10 Å². The molecule has 3 aromatic carbocycles. The molecule has 0 saturated heterocycles. The van der Waals surface area contributed by atoms with Gasteiger partial charge in [0.2, 0.25) is 0 Å². The van der Waals surface area contributed by atoms with E-state index in [1.54, 1.807) is 18.9 Å². The van der Waals surface area contributed by atoms with Gasteiger partial charge in [0.05, 0.1) is 25.9 Å². The van der Waals surface area contributed by atoms with Gasteiger partial charge in [0.25, 0.3) is 5.91 Å². The Morgan fingerprint density at radius 1 is 0.970 bits per heavy atom. The first-order chi connectivity index (χ1) is 16.2. The van der Waals surface area contributed by atoms with Crippen molar-refractivity contribution in [3.8, 4) is 17.2 Å². The lowest BCUT2D eigenvalue weighted by Gasteiger charge is -2.38. The van der Waals surface area contributed by atoms with Gasteiger partial charge >= 0.3 is 0 Å². The summed E-state index contributed by atoms with van der Waals surface area (Å²) in [6.07, 6.45) is 2.25. The van der Waals surface area contributed by atoms with E-state index < -0.39 is 0 Å². The number of rotatable bonds is 5. The smallest absolute Gasteiger partial charge is 0.254 e. The highest BCUT2D eigenvalue weighted by Gasteiger charge is 2.33. The lowest BCUT2D eigenvalue weighted by molar-refractivity contribution is 0.0694. The fraction of sp³-hybridized carbons (Fsp3) is 0.200. The maximum Gasteiger partial charge on any atom is 0.254 e. The van der Waals surface area contributed by atoms with Crippen LogP contribution in [0.2, 0.25) is 0 Å². The fourth-order valence-corrected chi connectivity index (χ4v) is 4.36. The molecule has 0 radical (unpaired) electrons. The van der Waals surface area contributed by atoms with Gasteiger partial charge < -0.3 is 14.4 Å². The van der Waals surface area contributed by atoms with Crippen LogP contribution >= 0.6 is 0 Å². The number of carbonyl (C=O) groups is 1. The molecule has 8 heteroatoms. The van der Waals surface area contributed by atoms with E-state index in [-0.39, 0.29) is 11.9 Å². The summed E-state index contributed by atoms with van der Waals surface area (Å²) in [6, 6.07) is 21.2. The third kappa shape index (κ3) is 3.80. The molecule has 4 aromatic rings. The summed E-state index contributed by atoms with van der Waals surface area (Å²) < 4.78 is 12.6. The van der Waals surface area contributed by atoms with E-state index in [0.29, 0.717) is 23.6 Å². The van der Waals surface area contributed by atoms with Crippen LogP contribution in [-0.4, -0.2) is 51.8 Å². The van der Waals surface area contributed by atoms with Crippen LogP contribution in [0.1, 0.15) is 33.1 Å². The summed E-state index contributed by atoms with van der Waals surface area (Å²) in [5.41, 5.74) is 4.64. The minimum absolute atomic E-state index is 0.0347. The molecule has 0 N–H and O–H groups in total. The summed E-state index contributed by atoms with van der Waals surface area (Å²) in [4.78, 5) is 15.6. The number of hydrogen-bond acceptors (Lipinski definition) is 6. The Labute approximate surface area is 191 Å². The molecule has 1 atom stereocenters. The van der Waals surface area contributed by atoms with E-state index in [4.69, 9.17) is 9.47 Å². The molecule has 166 valence electrons. The summed E-state index contributed by atoms with van der Waals surface area (Å²) in [7, 11) is 3.26. The molecule has 1 aliphatic rings. The lowest BCUT2D eigenvalue weighted by atomic mass is 9.87. The molecule has 8 nitrogen and oxygen atoms in total. The Hall–Kier alpha value is -4.20. The Balaban J connectivity index is 1.55. The normalized spacial score (nSPS) is 15.1. The topological polar surface area (TPSA) is 82.4 Å². The average Bonchev–Trinajstić information content (AvgIpc) is 3.42. The summed E-state index contributed by atoms with van der Waals surface area (Å²) in [5, 5.41) is 11.2. The van der Waals surface area contributed by atoms with Crippen molar-refractivity contribution in [1.29, 1.82) is 0 Å². The van der Waals surface area contributed by atoms with E-state index in [9.17, 15) is 4.79 Å². The van der Waals surface area contributed by atoms with Crippen LogP contribution in [0.3, 0.4) is 0 Å². The molecule has 0 spiro atoms. The first-order valence-corrected chi connectivity index (χ1v) is 10.6. The molecule has 1 unspecified atom stereocenters. The van der Waals surface area contributed by atoms with Crippen molar-refractivity contribution in [1.82, 2.24) is 25.1 Å². The van der Waals surface area contributed by atoms with Crippen molar-refractivity contribution in [2.75, 3.05) is 20.8 Å². The second kappa shape index (κ2) is 8.74. The predicted molar refractivity (Wildman–Crippen MR) is 122 cm³/mol. The highest BCUT2D eigenvalue weighted by molar-refractivity contribution is 5.95. The molecule has 1 aliphatic heterocycles. The average molecular weight is 441 g/mol. The molecule has 5 rings (SSSR count). The van der Waals surface area contributed by atoms with Crippen LogP contribution in [0.15, 0.2) is 73.1 Å². The monoisotopic (exact) mass is 441 g/mol. The molecule has 0 saturated carbocycles. The Morgan fingerprint density at radius 2 is 1.70 bits per heavy atom. The van der Waals surface area contributed by atoms with Crippen molar-refractivity contribution in [3.05, 3.63) is 95.3 Å². The fourth-order valence-electron chi connectivity index (χ4n) is 4.36. The minimum Gasteiger partial charge on any atom is -0.493 e. The van der Waals surface area contributed by atoms with Crippen molar-refractivity contribution in [2.45, 2.75) is 12.5 Å². The van der Waals surface area contributed by atoms with Gasteiger partial charge in [0, 0.05) is 12.1 Å². The Kier molecular flexibility index (Phi) is 5.48. The van der Waals surface area contributed by atoms with Crippen LogP contribution in [-0.2, 0) is 6.42 Å². The highest BCUT2D eigenvalue weighted by Crippen LogP contribution is 2.41. The number of nitrogens with zero attached hydrogens (tertiary/aromatic N) is 5. The Bertz CT molecular complexity index is 1260. The van der Waals surface area contributed by atoms with Gasteiger partial charge in [-0.1, -0.05) is 30.3 Å². The number of fused-ring (bicyclic) bond motifs is 1. The molecule has 2 heterocycles. The number of tetrazole rings is 1. The molecule has 0 bridgehead atoms. The summed E-state index contributed by atoms with van der Waals surface area (Å²) >= 11 is 0. The van der Waals surface area contributed by atoms with E-state index in [1.165, 1.54) is 6.33 Å². The number of methoxy groups -OCH3 is 2. The first-order valence-electron chi connectivity index (χ1n) is 10.6. The highest BCUT2D eigenvalue weighted by atomic mass is 16.5. The Morgan fingerprint density at radius 3 is 2.36 bits per heavy atom. The number of hydrogen-bond donors (Lipinski definition) is 0. The predicted octanol–water partition coefficient (Wildman–Crippen LogP) is 3.47. The molecule has 0 fully saturated rings. The summed E-state index contributed by atoms with van der Waals surface area (Å²) in [5.74, 6) is 1.31. The van der Waals surface area contributed by atoms with Gasteiger partial charge in [0.15, 0.2) is 11.5 Å². The van der Waals surface area contributed by atoms with Crippen LogP contribution in [0.4, 0.5) is 0 Å². The largest absolute Gasteiger partial charge is 0.493 e. The number of ether oxygens (including phenoxy) is 2. The zero-order valence-electron chi connectivity index (χ0n) is 18.4. The third-order valence-corrected chi connectivity index (χ3v) is 5.98. The van der Waals surface area contributed by atoms with Gasteiger partial charge in [-0.2, -0.15) is 0 Å². The third-order valence-electron chi connectivity index (χ3n) is 5.98. The van der Waals surface area contributed by atoms with Gasteiger partial charge in [-0.3, -0.25) is 4.79 Å². The maximum absolute atomic E-state index is 13.7. The standard InChI is InChI=1S/C25H23N5O3/c1-32-22-14-19-12-13-29(24(17-6-4-3-5-7-17)21(19)15-23(22)33-2)25(31)18-8-10-20(11-9-18)30-16-26-27-28-30/h3-11,14-16,24H,12-13H2,1-2H3. The quantitative estimate of drug-likeness (QED) is 0.472. The summed E-state index contributed by atoms with van der Waals surface area (Å²) in [6.45, 7) is 0.593. The molecular formula is C25H23N5O3. The van der Waals surface area contributed by atoms with E-state index in [0.717, 1.165) is 28.8 Å². The lowest BCUT2D eigenvalue weighted by Crippen LogP contribution is -2.40. The van der Waals surface area contributed by atoms with Crippen LogP contribution in [0, 0.1) is 0 Å².